The summed E-state index contributed by atoms with van der Waals surface area (Å²) in [6.07, 6.45) is 9.69. The number of piperidine rings is 2. The van der Waals surface area contributed by atoms with Gasteiger partial charge in [0.15, 0.2) is 0 Å². The number of nitriles is 1. The average molecular weight is 563 g/mol. The first-order valence-corrected chi connectivity index (χ1v) is 15.4. The third-order valence-corrected chi connectivity index (χ3v) is 9.14. The first-order valence-electron chi connectivity index (χ1n) is 14.0. The normalized spacial score (nSPS) is 17.7. The van der Waals surface area contributed by atoms with Crippen molar-refractivity contribution in [2.24, 2.45) is 5.92 Å². The highest BCUT2D eigenvalue weighted by atomic mass is 32.2. The number of rotatable bonds is 8. The summed E-state index contributed by atoms with van der Waals surface area (Å²) in [5.41, 5.74) is 2.67. The minimum atomic E-state index is -3.60. The highest BCUT2D eigenvalue weighted by Gasteiger charge is 2.33. The summed E-state index contributed by atoms with van der Waals surface area (Å²) in [7, 11) is -3.60. The van der Waals surface area contributed by atoms with Gasteiger partial charge >= 0.3 is 0 Å². The largest absolute Gasteiger partial charge is 0.355 e. The number of hydrogen-bond donors (Lipinski definition) is 2. The van der Waals surface area contributed by atoms with Crippen LogP contribution in [0.25, 0.3) is 0 Å². The van der Waals surface area contributed by atoms with Gasteiger partial charge in [-0.15, -0.1) is 0 Å². The monoisotopic (exact) mass is 562 g/mol. The molecule has 2 saturated heterocycles. The maximum Gasteiger partial charge on any atom is 0.243 e. The fraction of sp³-hybridized carbons (Fsp3) is 0.433. The van der Waals surface area contributed by atoms with Crippen LogP contribution in [0.15, 0.2) is 72.0 Å². The van der Waals surface area contributed by atoms with Gasteiger partial charge in [-0.25, -0.2) is 13.4 Å². The molecule has 0 aliphatic carbocycles. The second-order valence-corrected chi connectivity index (χ2v) is 12.1. The number of aromatic nitrogens is 2. The molecule has 40 heavy (non-hydrogen) atoms. The molecule has 0 spiro atoms. The highest BCUT2D eigenvalue weighted by molar-refractivity contribution is 7.89. The smallest absolute Gasteiger partial charge is 0.243 e. The number of carbonyl (C=O) groups excluding carboxylic acids is 1. The Kier molecular flexibility index (Phi) is 10.9. The summed E-state index contributed by atoms with van der Waals surface area (Å²) < 4.78 is 29.3. The van der Waals surface area contributed by atoms with Crippen LogP contribution in [0.4, 0.5) is 0 Å². The SMILES string of the molecule is C1CCNCC1.N#Cc1ccc(Cn2cncc2CCNC(=O)[C@H]2CCCN(S(=O)(=O)c3ccccc3)C2)cc1. The third kappa shape index (κ3) is 8.24. The number of benzene rings is 2. The van der Waals surface area contributed by atoms with Crippen molar-refractivity contribution in [2.45, 2.75) is 50.0 Å². The van der Waals surface area contributed by atoms with E-state index in [1.165, 1.54) is 36.7 Å². The number of hydrogen-bond acceptors (Lipinski definition) is 6. The lowest BCUT2D eigenvalue weighted by Gasteiger charge is -2.31. The van der Waals surface area contributed by atoms with E-state index in [0.29, 0.717) is 44.5 Å². The van der Waals surface area contributed by atoms with E-state index >= 15 is 0 Å². The number of nitrogens with one attached hydrogen (secondary N) is 2. The van der Waals surface area contributed by atoms with Gasteiger partial charge in [-0.05, 0) is 68.6 Å². The predicted octanol–water partition coefficient (Wildman–Crippen LogP) is 3.32. The zero-order valence-corrected chi connectivity index (χ0v) is 23.7. The Labute approximate surface area is 237 Å². The van der Waals surface area contributed by atoms with Gasteiger partial charge in [-0.1, -0.05) is 36.8 Å². The molecule has 0 radical (unpaired) electrons. The van der Waals surface area contributed by atoms with E-state index in [2.05, 4.69) is 21.7 Å². The molecule has 2 N–H and O–H groups in total. The molecule has 0 unspecified atom stereocenters. The van der Waals surface area contributed by atoms with Crippen LogP contribution in [-0.2, 0) is 27.8 Å². The van der Waals surface area contributed by atoms with E-state index in [1.54, 1.807) is 55.0 Å². The van der Waals surface area contributed by atoms with Gasteiger partial charge in [0.05, 0.1) is 28.8 Å². The summed E-state index contributed by atoms with van der Waals surface area (Å²) >= 11 is 0. The topological polar surface area (TPSA) is 120 Å². The second-order valence-electron chi connectivity index (χ2n) is 10.2. The van der Waals surface area contributed by atoms with Crippen LogP contribution in [0.1, 0.15) is 48.9 Å². The molecule has 1 amide bonds. The summed E-state index contributed by atoms with van der Waals surface area (Å²) in [4.78, 5) is 17.3. The van der Waals surface area contributed by atoms with Crippen molar-refractivity contribution in [1.82, 2.24) is 24.5 Å². The molecule has 1 aromatic heterocycles. The summed E-state index contributed by atoms with van der Waals surface area (Å²) in [5, 5.41) is 15.2. The lowest BCUT2D eigenvalue weighted by Crippen LogP contribution is -2.45. The van der Waals surface area contributed by atoms with E-state index in [9.17, 15) is 13.2 Å². The van der Waals surface area contributed by atoms with Crippen molar-refractivity contribution in [3.63, 3.8) is 0 Å². The van der Waals surface area contributed by atoms with Gasteiger partial charge in [0.2, 0.25) is 15.9 Å². The standard InChI is InChI=1S/C25H27N5O3S.C5H11N/c26-15-20-8-10-21(11-9-20)17-29-19-27-16-23(29)12-13-28-25(31)22-5-4-14-30(18-22)34(32,33)24-6-2-1-3-7-24;1-2-4-6-5-3-1/h1-3,6-11,16,19,22H,4-5,12-14,17-18H2,(H,28,31);6H,1-5H2/t22-;/m0./s1. The van der Waals surface area contributed by atoms with Crippen molar-refractivity contribution in [3.8, 4) is 6.07 Å². The van der Waals surface area contributed by atoms with Gasteiger partial charge in [0.25, 0.3) is 0 Å². The van der Waals surface area contributed by atoms with Crippen molar-refractivity contribution >= 4 is 15.9 Å². The first kappa shape index (κ1) is 29.5. The Hall–Kier alpha value is -3.52. The maximum absolute atomic E-state index is 12.9. The summed E-state index contributed by atoms with van der Waals surface area (Å²) in [6, 6.07) is 17.9. The summed E-state index contributed by atoms with van der Waals surface area (Å²) in [6.45, 7) is 4.19. The van der Waals surface area contributed by atoms with Crippen molar-refractivity contribution in [3.05, 3.63) is 83.9 Å². The van der Waals surface area contributed by atoms with E-state index in [4.69, 9.17) is 5.26 Å². The molecule has 2 aromatic carbocycles. The minimum absolute atomic E-state index is 0.119. The van der Waals surface area contributed by atoms with E-state index in [1.807, 2.05) is 16.7 Å². The molecule has 10 heteroatoms. The lowest BCUT2D eigenvalue weighted by atomic mass is 9.99. The molecule has 2 fully saturated rings. The van der Waals surface area contributed by atoms with Crippen LogP contribution in [0.3, 0.4) is 0 Å². The van der Waals surface area contributed by atoms with E-state index in [0.717, 1.165) is 11.3 Å². The number of amides is 1. The molecule has 0 bridgehead atoms. The van der Waals surface area contributed by atoms with Gasteiger partial charge in [0, 0.05) is 44.5 Å². The van der Waals surface area contributed by atoms with Crippen LogP contribution in [0.5, 0.6) is 0 Å². The van der Waals surface area contributed by atoms with Crippen LogP contribution < -0.4 is 10.6 Å². The summed E-state index contributed by atoms with van der Waals surface area (Å²) in [5.74, 6) is -0.484. The molecule has 3 heterocycles. The maximum atomic E-state index is 12.9. The average Bonchev–Trinajstić information content (AvgIpc) is 3.45. The second kappa shape index (κ2) is 14.7. The first-order chi connectivity index (χ1) is 19.5. The fourth-order valence-electron chi connectivity index (χ4n) is 4.96. The van der Waals surface area contributed by atoms with Crippen LogP contribution in [0.2, 0.25) is 0 Å². The molecular formula is C30H38N6O3S. The Morgan fingerprint density at radius 1 is 1.05 bits per heavy atom. The van der Waals surface area contributed by atoms with Gasteiger partial charge in [0.1, 0.15) is 0 Å². The molecule has 5 rings (SSSR count). The third-order valence-electron chi connectivity index (χ3n) is 7.26. The van der Waals surface area contributed by atoms with Gasteiger partial charge < -0.3 is 15.2 Å². The molecule has 1 atom stereocenters. The van der Waals surface area contributed by atoms with Crippen molar-refractivity contribution < 1.29 is 13.2 Å². The van der Waals surface area contributed by atoms with Crippen LogP contribution in [0, 0.1) is 17.2 Å². The number of imidazole rings is 1. The Morgan fingerprint density at radius 2 is 1.80 bits per heavy atom. The fourth-order valence-corrected chi connectivity index (χ4v) is 6.50. The van der Waals surface area contributed by atoms with Crippen LogP contribution >= 0.6 is 0 Å². The van der Waals surface area contributed by atoms with Crippen LogP contribution in [-0.4, -0.2) is 60.9 Å². The molecular weight excluding hydrogens is 524 g/mol. The van der Waals surface area contributed by atoms with E-state index < -0.39 is 10.0 Å². The van der Waals surface area contributed by atoms with E-state index in [-0.39, 0.29) is 23.3 Å². The van der Waals surface area contributed by atoms with Crippen molar-refractivity contribution in [1.29, 1.82) is 5.26 Å². The predicted molar refractivity (Wildman–Crippen MR) is 154 cm³/mol. The quantitative estimate of drug-likeness (QED) is 0.435. The molecule has 2 aliphatic rings. The Morgan fingerprint density at radius 3 is 2.45 bits per heavy atom. The molecule has 9 nitrogen and oxygen atoms in total. The zero-order chi connectivity index (χ0) is 28.2. The Balaban J connectivity index is 0.000000546. The number of nitrogens with zero attached hydrogens (tertiary/aromatic N) is 4. The number of sulfonamides is 1. The van der Waals surface area contributed by atoms with Gasteiger partial charge in [-0.2, -0.15) is 9.57 Å². The zero-order valence-electron chi connectivity index (χ0n) is 22.8. The van der Waals surface area contributed by atoms with Crippen molar-refractivity contribution in [2.75, 3.05) is 32.7 Å². The molecule has 212 valence electrons. The molecule has 2 aliphatic heterocycles. The highest BCUT2D eigenvalue weighted by Crippen LogP contribution is 2.23. The van der Waals surface area contributed by atoms with Gasteiger partial charge in [-0.3, -0.25) is 4.79 Å². The Bertz CT molecular complexity index is 1350. The minimum Gasteiger partial charge on any atom is -0.355 e. The number of carbonyl (C=O) groups is 1. The molecule has 0 saturated carbocycles. The molecule has 3 aromatic rings. The lowest BCUT2D eigenvalue weighted by molar-refractivity contribution is -0.126.